The third-order valence-corrected chi connectivity index (χ3v) is 5.08. The predicted molar refractivity (Wildman–Crippen MR) is 93.9 cm³/mol. The zero-order valence-corrected chi connectivity index (χ0v) is 14.2. The highest BCUT2D eigenvalue weighted by molar-refractivity contribution is 9.10. The molecule has 108 valence electrons. The standard InChI is InChI=1S/C18H19BrN2/c1-12-14-7-4-5-10-17(14)21(3)18(12)11-20-16-9-6-8-15(19)13(16)2/h4-10,20H,11H2,1-3H3. The molecule has 3 heteroatoms. The van der Waals surface area contributed by atoms with Crippen LogP contribution in [-0.2, 0) is 13.6 Å². The summed E-state index contributed by atoms with van der Waals surface area (Å²) in [5.74, 6) is 0. The van der Waals surface area contributed by atoms with E-state index in [0.717, 1.165) is 11.0 Å². The maximum Gasteiger partial charge on any atom is 0.0556 e. The Morgan fingerprint density at radius 1 is 1.00 bits per heavy atom. The van der Waals surface area contributed by atoms with Gasteiger partial charge in [0.25, 0.3) is 0 Å². The van der Waals surface area contributed by atoms with E-state index in [1.165, 1.54) is 33.4 Å². The third kappa shape index (κ3) is 2.46. The van der Waals surface area contributed by atoms with Crippen molar-refractivity contribution < 1.29 is 0 Å². The van der Waals surface area contributed by atoms with Gasteiger partial charge in [-0.1, -0.05) is 40.2 Å². The van der Waals surface area contributed by atoms with Crippen molar-refractivity contribution in [3.05, 3.63) is 63.8 Å². The van der Waals surface area contributed by atoms with Crippen LogP contribution in [0.5, 0.6) is 0 Å². The summed E-state index contributed by atoms with van der Waals surface area (Å²) in [5.41, 5.74) is 6.39. The van der Waals surface area contributed by atoms with Crippen molar-refractivity contribution in [1.82, 2.24) is 4.57 Å². The Bertz CT molecular complexity index is 763. The number of hydrogen-bond donors (Lipinski definition) is 1. The number of halogens is 1. The van der Waals surface area contributed by atoms with Crippen LogP contribution in [0.4, 0.5) is 5.69 Å². The molecule has 1 N–H and O–H groups in total. The topological polar surface area (TPSA) is 17.0 Å². The number of nitrogens with one attached hydrogen (secondary N) is 1. The van der Waals surface area contributed by atoms with Crippen molar-refractivity contribution in [1.29, 1.82) is 0 Å². The zero-order valence-electron chi connectivity index (χ0n) is 12.6. The highest BCUT2D eigenvalue weighted by Crippen LogP contribution is 2.27. The lowest BCUT2D eigenvalue weighted by atomic mass is 10.1. The maximum absolute atomic E-state index is 3.58. The van der Waals surface area contributed by atoms with Crippen molar-refractivity contribution in [2.24, 2.45) is 7.05 Å². The molecule has 2 aromatic carbocycles. The lowest BCUT2D eigenvalue weighted by Crippen LogP contribution is -2.06. The van der Waals surface area contributed by atoms with Gasteiger partial charge in [-0.3, -0.25) is 0 Å². The average Bonchev–Trinajstić information content (AvgIpc) is 2.73. The summed E-state index contributed by atoms with van der Waals surface area (Å²) in [7, 11) is 2.14. The largest absolute Gasteiger partial charge is 0.379 e. The van der Waals surface area contributed by atoms with Gasteiger partial charge in [-0.25, -0.2) is 0 Å². The molecule has 3 rings (SSSR count). The minimum atomic E-state index is 0.828. The van der Waals surface area contributed by atoms with E-state index in [1.54, 1.807) is 0 Å². The van der Waals surface area contributed by atoms with Gasteiger partial charge >= 0.3 is 0 Å². The normalized spacial score (nSPS) is 11.0. The second kappa shape index (κ2) is 5.57. The first-order valence-electron chi connectivity index (χ1n) is 7.11. The summed E-state index contributed by atoms with van der Waals surface area (Å²) in [5, 5.41) is 4.90. The number of benzene rings is 2. The Kier molecular flexibility index (Phi) is 3.77. The molecule has 1 heterocycles. The summed E-state index contributed by atoms with van der Waals surface area (Å²) in [6, 6.07) is 14.8. The van der Waals surface area contributed by atoms with Crippen LogP contribution < -0.4 is 5.32 Å². The molecule has 0 aliphatic heterocycles. The molecule has 0 aliphatic carbocycles. The van der Waals surface area contributed by atoms with Crippen molar-refractivity contribution in [3.63, 3.8) is 0 Å². The van der Waals surface area contributed by atoms with Crippen LogP contribution in [0, 0.1) is 13.8 Å². The van der Waals surface area contributed by atoms with Crippen LogP contribution in [0.2, 0.25) is 0 Å². The van der Waals surface area contributed by atoms with Gasteiger partial charge in [0.2, 0.25) is 0 Å². The van der Waals surface area contributed by atoms with Crippen LogP contribution in [0.3, 0.4) is 0 Å². The van der Waals surface area contributed by atoms with Gasteiger partial charge in [-0.2, -0.15) is 0 Å². The Labute approximate surface area is 133 Å². The Hall–Kier alpha value is -1.74. The Balaban J connectivity index is 1.94. The third-order valence-electron chi connectivity index (χ3n) is 4.22. The van der Waals surface area contributed by atoms with Crippen LogP contribution >= 0.6 is 15.9 Å². The molecule has 0 saturated heterocycles. The van der Waals surface area contributed by atoms with Gasteiger partial charge in [-0.05, 0) is 43.2 Å². The fourth-order valence-corrected chi connectivity index (χ4v) is 3.23. The number of anilines is 1. The van der Waals surface area contributed by atoms with Crippen LogP contribution in [0.15, 0.2) is 46.9 Å². The van der Waals surface area contributed by atoms with E-state index < -0.39 is 0 Å². The quantitative estimate of drug-likeness (QED) is 0.694. The highest BCUT2D eigenvalue weighted by Gasteiger charge is 2.11. The van der Waals surface area contributed by atoms with E-state index in [0.29, 0.717) is 0 Å². The second-order valence-corrected chi connectivity index (χ2v) is 6.27. The fraction of sp³-hybridized carbons (Fsp3) is 0.222. The molecule has 2 nitrogen and oxygen atoms in total. The first kappa shape index (κ1) is 14.2. The van der Waals surface area contributed by atoms with Crippen molar-refractivity contribution in [2.75, 3.05) is 5.32 Å². The molecule has 0 fully saturated rings. The molecule has 0 amide bonds. The summed E-state index contributed by atoms with van der Waals surface area (Å²) >= 11 is 3.58. The van der Waals surface area contributed by atoms with Gasteiger partial charge in [0, 0.05) is 33.8 Å². The average molecular weight is 343 g/mol. The number of rotatable bonds is 3. The Morgan fingerprint density at radius 3 is 2.52 bits per heavy atom. The van der Waals surface area contributed by atoms with Crippen LogP contribution in [-0.4, -0.2) is 4.57 Å². The van der Waals surface area contributed by atoms with E-state index in [9.17, 15) is 0 Å². The smallest absolute Gasteiger partial charge is 0.0556 e. The van der Waals surface area contributed by atoms with E-state index >= 15 is 0 Å². The number of hydrogen-bond acceptors (Lipinski definition) is 1. The molecule has 3 aromatic rings. The van der Waals surface area contributed by atoms with Crippen LogP contribution in [0.1, 0.15) is 16.8 Å². The lowest BCUT2D eigenvalue weighted by Gasteiger charge is -2.12. The van der Waals surface area contributed by atoms with Gasteiger partial charge in [0.05, 0.1) is 6.54 Å². The summed E-state index contributed by atoms with van der Waals surface area (Å²) in [6.07, 6.45) is 0. The summed E-state index contributed by atoms with van der Waals surface area (Å²) in [4.78, 5) is 0. The number of para-hydroxylation sites is 1. The molecule has 0 unspecified atom stereocenters. The van der Waals surface area contributed by atoms with Gasteiger partial charge in [-0.15, -0.1) is 0 Å². The minimum Gasteiger partial charge on any atom is -0.379 e. The summed E-state index contributed by atoms with van der Waals surface area (Å²) < 4.78 is 3.42. The summed E-state index contributed by atoms with van der Waals surface area (Å²) in [6.45, 7) is 5.15. The zero-order chi connectivity index (χ0) is 15.0. The molecular formula is C18H19BrN2. The fourth-order valence-electron chi connectivity index (χ4n) is 2.86. The van der Waals surface area contributed by atoms with Gasteiger partial charge < -0.3 is 9.88 Å². The lowest BCUT2D eigenvalue weighted by molar-refractivity contribution is 0.861. The molecule has 0 spiro atoms. The highest BCUT2D eigenvalue weighted by atomic mass is 79.9. The van der Waals surface area contributed by atoms with Gasteiger partial charge in [0.15, 0.2) is 0 Å². The van der Waals surface area contributed by atoms with Crippen molar-refractivity contribution >= 4 is 32.5 Å². The molecular weight excluding hydrogens is 324 g/mol. The van der Waals surface area contributed by atoms with Crippen molar-refractivity contribution in [3.8, 4) is 0 Å². The monoisotopic (exact) mass is 342 g/mol. The number of aryl methyl sites for hydroxylation is 2. The predicted octanol–water partition coefficient (Wildman–Crippen LogP) is 5.17. The van der Waals surface area contributed by atoms with Crippen LogP contribution in [0.25, 0.3) is 10.9 Å². The molecule has 1 aromatic heterocycles. The SMILES string of the molecule is Cc1c(Br)cccc1NCc1c(C)c2ccccc2n1C. The molecule has 0 radical (unpaired) electrons. The first-order valence-corrected chi connectivity index (χ1v) is 7.90. The van der Waals surface area contributed by atoms with E-state index in [1.807, 2.05) is 0 Å². The van der Waals surface area contributed by atoms with Crippen molar-refractivity contribution in [2.45, 2.75) is 20.4 Å². The number of nitrogens with zero attached hydrogens (tertiary/aromatic N) is 1. The van der Waals surface area contributed by atoms with Gasteiger partial charge in [0.1, 0.15) is 0 Å². The molecule has 0 atom stereocenters. The van der Waals surface area contributed by atoms with E-state index in [4.69, 9.17) is 0 Å². The molecule has 21 heavy (non-hydrogen) atoms. The minimum absolute atomic E-state index is 0.828. The maximum atomic E-state index is 3.58. The molecule has 0 saturated carbocycles. The van der Waals surface area contributed by atoms with E-state index in [2.05, 4.69) is 89.2 Å². The second-order valence-electron chi connectivity index (χ2n) is 5.41. The first-order chi connectivity index (χ1) is 10.1. The number of fused-ring (bicyclic) bond motifs is 1. The van der Waals surface area contributed by atoms with E-state index in [-0.39, 0.29) is 0 Å². The number of aromatic nitrogens is 1. The Morgan fingerprint density at radius 2 is 1.76 bits per heavy atom. The molecule has 0 aliphatic rings. The molecule has 0 bridgehead atoms.